The molecule has 17 heavy (non-hydrogen) atoms. The average Bonchev–Trinajstić information content (AvgIpc) is 2.38. The summed E-state index contributed by atoms with van der Waals surface area (Å²) in [5.74, 6) is 0. The van der Waals surface area contributed by atoms with E-state index in [0.717, 1.165) is 32.2 Å². The van der Waals surface area contributed by atoms with Gasteiger partial charge < -0.3 is 10.6 Å². The van der Waals surface area contributed by atoms with Gasteiger partial charge in [-0.05, 0) is 13.0 Å². The Bertz CT molecular complexity index is 264. The molecule has 0 atom stereocenters. The molecule has 0 aliphatic carbocycles. The third-order valence-electron chi connectivity index (χ3n) is 2.78. The van der Waals surface area contributed by atoms with Gasteiger partial charge in [-0.25, -0.2) is 0 Å². The van der Waals surface area contributed by atoms with Gasteiger partial charge in [0.15, 0.2) is 0 Å². The SMILES string of the molecule is [Si]CCCCCNCC[NH2+]Cc1ccccc1. The normalized spacial score (nSPS) is 10.6. The quantitative estimate of drug-likeness (QED) is 0.471. The maximum Gasteiger partial charge on any atom is 0.101 e. The van der Waals surface area contributed by atoms with Crippen molar-refractivity contribution < 1.29 is 5.32 Å². The Morgan fingerprint density at radius 3 is 2.59 bits per heavy atom. The van der Waals surface area contributed by atoms with Crippen LogP contribution in [-0.2, 0) is 6.54 Å². The number of benzene rings is 1. The molecular weight excluding hydrogens is 224 g/mol. The molecule has 0 fully saturated rings. The first kappa shape index (κ1) is 14.4. The van der Waals surface area contributed by atoms with Crippen molar-refractivity contribution in [2.75, 3.05) is 19.6 Å². The number of hydrogen-bond acceptors (Lipinski definition) is 1. The van der Waals surface area contributed by atoms with E-state index in [-0.39, 0.29) is 0 Å². The maximum absolute atomic E-state index is 3.49. The summed E-state index contributed by atoms with van der Waals surface area (Å²) in [6, 6.07) is 11.8. The molecule has 0 bridgehead atoms. The van der Waals surface area contributed by atoms with Crippen LogP contribution >= 0.6 is 0 Å². The van der Waals surface area contributed by atoms with Gasteiger partial charge in [-0.15, -0.1) is 0 Å². The predicted molar refractivity (Wildman–Crippen MR) is 74.2 cm³/mol. The number of unbranched alkanes of at least 4 members (excludes halogenated alkanes) is 2. The van der Waals surface area contributed by atoms with E-state index < -0.39 is 0 Å². The Hall–Kier alpha value is -0.643. The minimum Gasteiger partial charge on any atom is -0.341 e. The fourth-order valence-electron chi connectivity index (χ4n) is 1.76. The Morgan fingerprint density at radius 1 is 1.00 bits per heavy atom. The summed E-state index contributed by atoms with van der Waals surface area (Å²) in [5.41, 5.74) is 1.41. The molecule has 0 unspecified atom stereocenters. The molecule has 0 saturated heterocycles. The molecule has 1 aromatic carbocycles. The predicted octanol–water partition coefficient (Wildman–Crippen LogP) is 1.10. The Morgan fingerprint density at radius 2 is 1.82 bits per heavy atom. The molecule has 0 aromatic heterocycles. The van der Waals surface area contributed by atoms with Crippen LogP contribution < -0.4 is 10.6 Å². The van der Waals surface area contributed by atoms with Crippen molar-refractivity contribution in [3.05, 3.63) is 35.9 Å². The van der Waals surface area contributed by atoms with Crippen LogP contribution in [0.15, 0.2) is 30.3 Å². The fourth-order valence-corrected chi connectivity index (χ4v) is 2.01. The lowest BCUT2D eigenvalue weighted by Crippen LogP contribution is -2.84. The lowest BCUT2D eigenvalue weighted by atomic mass is 10.2. The topological polar surface area (TPSA) is 28.6 Å². The van der Waals surface area contributed by atoms with Gasteiger partial charge in [-0.1, -0.05) is 49.2 Å². The van der Waals surface area contributed by atoms with E-state index in [4.69, 9.17) is 0 Å². The van der Waals surface area contributed by atoms with Gasteiger partial charge in [-0.3, -0.25) is 0 Å². The largest absolute Gasteiger partial charge is 0.341 e. The first-order chi connectivity index (χ1) is 8.43. The molecular formula is C14H24N2Si+. The molecule has 93 valence electrons. The Kier molecular flexibility index (Phi) is 8.91. The van der Waals surface area contributed by atoms with Gasteiger partial charge >= 0.3 is 0 Å². The van der Waals surface area contributed by atoms with Crippen molar-refractivity contribution in [1.82, 2.24) is 5.32 Å². The van der Waals surface area contributed by atoms with Crippen molar-refractivity contribution in [3.63, 3.8) is 0 Å². The van der Waals surface area contributed by atoms with Crippen molar-refractivity contribution in [1.29, 1.82) is 0 Å². The van der Waals surface area contributed by atoms with Crippen molar-refractivity contribution in [2.24, 2.45) is 0 Å². The van der Waals surface area contributed by atoms with Crippen molar-refractivity contribution >= 4 is 10.2 Å². The zero-order valence-electron chi connectivity index (χ0n) is 10.6. The highest BCUT2D eigenvalue weighted by molar-refractivity contribution is 6.08. The fraction of sp³-hybridized carbons (Fsp3) is 0.571. The van der Waals surface area contributed by atoms with Gasteiger partial charge in [0.05, 0.1) is 6.54 Å². The minimum atomic E-state index is 1.09. The number of nitrogens with one attached hydrogen (secondary N) is 1. The van der Waals surface area contributed by atoms with Crippen LogP contribution in [0.1, 0.15) is 24.8 Å². The van der Waals surface area contributed by atoms with Crippen molar-refractivity contribution in [3.8, 4) is 0 Å². The summed E-state index contributed by atoms with van der Waals surface area (Å²) < 4.78 is 0. The highest BCUT2D eigenvalue weighted by Gasteiger charge is 1.94. The van der Waals surface area contributed by atoms with E-state index in [1.165, 1.54) is 24.8 Å². The van der Waals surface area contributed by atoms with Crippen molar-refractivity contribution in [2.45, 2.75) is 31.9 Å². The third kappa shape index (κ3) is 8.13. The first-order valence-electron chi connectivity index (χ1n) is 6.64. The van der Waals surface area contributed by atoms with Crippen LogP contribution in [0.5, 0.6) is 0 Å². The molecule has 0 aliphatic rings. The third-order valence-corrected chi connectivity index (χ3v) is 3.13. The lowest BCUT2D eigenvalue weighted by Gasteiger charge is -2.04. The molecule has 0 spiro atoms. The lowest BCUT2D eigenvalue weighted by molar-refractivity contribution is -0.668. The van der Waals surface area contributed by atoms with Crippen LogP contribution in [0.25, 0.3) is 0 Å². The number of hydrogen-bond donors (Lipinski definition) is 2. The molecule has 3 radical (unpaired) electrons. The zero-order valence-corrected chi connectivity index (χ0v) is 11.6. The van der Waals surface area contributed by atoms with E-state index in [1.807, 2.05) is 0 Å². The monoisotopic (exact) mass is 248 g/mol. The molecule has 0 saturated carbocycles. The van der Waals surface area contributed by atoms with E-state index in [2.05, 4.69) is 51.2 Å². The van der Waals surface area contributed by atoms with Crippen LogP contribution in [0, 0.1) is 0 Å². The van der Waals surface area contributed by atoms with E-state index in [9.17, 15) is 0 Å². The second-order valence-electron chi connectivity index (χ2n) is 4.33. The molecule has 0 aliphatic heterocycles. The molecule has 0 amide bonds. The highest BCUT2D eigenvalue weighted by Crippen LogP contribution is 1.95. The first-order valence-corrected chi connectivity index (χ1v) is 7.35. The second-order valence-corrected chi connectivity index (χ2v) is 4.83. The van der Waals surface area contributed by atoms with Gasteiger partial charge in [0.2, 0.25) is 0 Å². The van der Waals surface area contributed by atoms with E-state index >= 15 is 0 Å². The summed E-state index contributed by atoms with van der Waals surface area (Å²) >= 11 is 0. The van der Waals surface area contributed by atoms with Gasteiger partial charge in [0, 0.05) is 22.4 Å². The van der Waals surface area contributed by atoms with Gasteiger partial charge in [0.25, 0.3) is 0 Å². The highest BCUT2D eigenvalue weighted by atomic mass is 28.1. The van der Waals surface area contributed by atoms with Crippen LogP contribution in [-0.4, -0.2) is 29.9 Å². The molecule has 1 rings (SSSR count). The molecule has 0 heterocycles. The molecule has 3 heteroatoms. The number of quaternary nitrogens is 1. The molecule has 1 aromatic rings. The van der Waals surface area contributed by atoms with E-state index in [1.54, 1.807) is 0 Å². The number of nitrogens with two attached hydrogens (primary N) is 1. The Balaban J connectivity index is 1.85. The average molecular weight is 248 g/mol. The smallest absolute Gasteiger partial charge is 0.101 e. The molecule has 3 N–H and O–H groups in total. The van der Waals surface area contributed by atoms with Crippen LogP contribution in [0.3, 0.4) is 0 Å². The molecule has 2 nitrogen and oxygen atoms in total. The zero-order chi connectivity index (χ0) is 12.2. The van der Waals surface area contributed by atoms with E-state index in [0.29, 0.717) is 0 Å². The summed E-state index contributed by atoms with van der Waals surface area (Å²) in [5, 5.41) is 5.85. The summed E-state index contributed by atoms with van der Waals surface area (Å²) in [6.45, 7) is 4.52. The van der Waals surface area contributed by atoms with Crippen LogP contribution in [0.2, 0.25) is 6.04 Å². The summed E-state index contributed by atoms with van der Waals surface area (Å²) in [4.78, 5) is 0. The van der Waals surface area contributed by atoms with Gasteiger partial charge in [0.1, 0.15) is 6.54 Å². The standard InChI is InChI=1S/C14H23N2Si/c17-12-6-2-5-9-15-10-11-16-13-14-7-3-1-4-8-14/h1,3-4,7-8,15-16H,2,5-6,9-13H2/p+1. The minimum absolute atomic E-state index is 1.09. The summed E-state index contributed by atoms with van der Waals surface area (Å²) in [6.07, 6.45) is 3.91. The Labute approximate surface area is 109 Å². The second kappa shape index (κ2) is 10.5. The number of rotatable bonds is 10. The van der Waals surface area contributed by atoms with Gasteiger partial charge in [-0.2, -0.15) is 0 Å². The maximum atomic E-state index is 3.49. The summed E-state index contributed by atoms with van der Waals surface area (Å²) in [7, 11) is 3.49. The van der Waals surface area contributed by atoms with Crippen LogP contribution in [0.4, 0.5) is 0 Å².